The molecule has 0 aromatic heterocycles. The van der Waals surface area contributed by atoms with Crippen molar-refractivity contribution in [1.29, 1.82) is 0 Å². The lowest BCUT2D eigenvalue weighted by molar-refractivity contribution is -0.145. The molecule has 5 heteroatoms. The van der Waals surface area contributed by atoms with E-state index < -0.39 is 11.5 Å². The lowest BCUT2D eigenvalue weighted by atomic mass is 10.0. The highest BCUT2D eigenvalue weighted by molar-refractivity contribution is 5.87. The summed E-state index contributed by atoms with van der Waals surface area (Å²) < 4.78 is 5.18. The molecule has 0 fully saturated rings. The van der Waals surface area contributed by atoms with Gasteiger partial charge in [-0.2, -0.15) is 0 Å². The highest BCUT2D eigenvalue weighted by Crippen LogP contribution is 2.20. The topological polar surface area (TPSA) is 75.6 Å². The zero-order valence-corrected chi connectivity index (χ0v) is 11.6. The Morgan fingerprint density at radius 2 is 2.00 bits per heavy atom. The predicted octanol–water partition coefficient (Wildman–Crippen LogP) is 1.53. The van der Waals surface area contributed by atoms with Gasteiger partial charge in [0.05, 0.1) is 13.5 Å². The van der Waals surface area contributed by atoms with Gasteiger partial charge in [0, 0.05) is 5.56 Å². The molecule has 0 atom stereocenters. The lowest BCUT2D eigenvalue weighted by Gasteiger charge is -2.21. The molecular weight excluding hydrogens is 246 g/mol. The van der Waals surface area contributed by atoms with Crippen LogP contribution < -0.4 is 10.1 Å². The first-order valence-electron chi connectivity index (χ1n) is 5.94. The molecule has 1 aromatic rings. The normalized spacial score (nSPS) is 10.9. The monoisotopic (exact) mass is 265 g/mol. The Hall–Kier alpha value is -2.04. The summed E-state index contributed by atoms with van der Waals surface area (Å²) in [6, 6.07) is 5.54. The van der Waals surface area contributed by atoms with Crippen LogP contribution in [0.25, 0.3) is 0 Å². The van der Waals surface area contributed by atoms with E-state index in [1.165, 1.54) is 21.0 Å². The number of nitrogens with one attached hydrogen (secondary N) is 1. The number of amides is 1. The van der Waals surface area contributed by atoms with Crippen molar-refractivity contribution in [2.24, 2.45) is 0 Å². The standard InChI is InChI=1S/C14H19NO4/c1-9-5-6-11(19-4)10(7-9)8-12(16)15-14(2,3)13(17)18/h5-7H,8H2,1-4H3,(H,15,16)(H,17,18). The Morgan fingerprint density at radius 3 is 2.53 bits per heavy atom. The van der Waals surface area contributed by atoms with Gasteiger partial charge < -0.3 is 15.2 Å². The van der Waals surface area contributed by atoms with Crippen LogP contribution in [0.2, 0.25) is 0 Å². The van der Waals surface area contributed by atoms with E-state index in [1.807, 2.05) is 19.1 Å². The maximum atomic E-state index is 11.9. The van der Waals surface area contributed by atoms with Gasteiger partial charge in [0.1, 0.15) is 11.3 Å². The van der Waals surface area contributed by atoms with E-state index in [9.17, 15) is 9.59 Å². The number of aliphatic carboxylic acids is 1. The molecule has 0 radical (unpaired) electrons. The van der Waals surface area contributed by atoms with Crippen molar-refractivity contribution in [3.05, 3.63) is 29.3 Å². The van der Waals surface area contributed by atoms with E-state index in [1.54, 1.807) is 6.07 Å². The SMILES string of the molecule is COc1ccc(C)cc1CC(=O)NC(C)(C)C(=O)O. The number of carbonyl (C=O) groups excluding carboxylic acids is 1. The number of aryl methyl sites for hydroxylation is 1. The first-order chi connectivity index (χ1) is 8.76. The zero-order chi connectivity index (χ0) is 14.6. The molecule has 5 nitrogen and oxygen atoms in total. The Labute approximate surface area is 112 Å². The van der Waals surface area contributed by atoms with Gasteiger partial charge in [-0.1, -0.05) is 17.7 Å². The molecule has 0 saturated heterocycles. The fraction of sp³-hybridized carbons (Fsp3) is 0.429. The number of carboxylic acid groups (broad SMARTS) is 1. The number of carbonyl (C=O) groups is 2. The number of ether oxygens (including phenoxy) is 1. The molecule has 0 spiro atoms. The van der Waals surface area contributed by atoms with Gasteiger partial charge in [0.25, 0.3) is 0 Å². The number of rotatable bonds is 5. The summed E-state index contributed by atoms with van der Waals surface area (Å²) in [4.78, 5) is 22.8. The minimum Gasteiger partial charge on any atom is -0.496 e. The van der Waals surface area contributed by atoms with Crippen LogP contribution in [0.1, 0.15) is 25.0 Å². The number of hydrogen-bond acceptors (Lipinski definition) is 3. The number of hydrogen-bond donors (Lipinski definition) is 2. The second-order valence-corrected chi connectivity index (χ2v) is 4.97. The van der Waals surface area contributed by atoms with Crippen molar-refractivity contribution in [1.82, 2.24) is 5.32 Å². The summed E-state index contributed by atoms with van der Waals surface area (Å²) in [6.45, 7) is 4.81. The minimum absolute atomic E-state index is 0.0849. The van der Waals surface area contributed by atoms with Crippen LogP contribution in [-0.2, 0) is 16.0 Å². The Balaban J connectivity index is 2.83. The molecule has 0 saturated carbocycles. The first kappa shape index (κ1) is 15.0. The maximum Gasteiger partial charge on any atom is 0.328 e. The van der Waals surface area contributed by atoms with Gasteiger partial charge in [-0.3, -0.25) is 4.79 Å². The Bertz CT molecular complexity index is 494. The fourth-order valence-electron chi connectivity index (χ4n) is 1.66. The largest absolute Gasteiger partial charge is 0.496 e. The molecular formula is C14H19NO4. The number of methoxy groups -OCH3 is 1. The van der Waals surface area contributed by atoms with Gasteiger partial charge in [-0.05, 0) is 26.8 Å². The molecule has 0 bridgehead atoms. The average Bonchev–Trinajstić information content (AvgIpc) is 2.28. The van der Waals surface area contributed by atoms with E-state index in [2.05, 4.69) is 5.32 Å². The minimum atomic E-state index is -1.28. The van der Waals surface area contributed by atoms with E-state index in [0.29, 0.717) is 5.75 Å². The molecule has 1 amide bonds. The summed E-state index contributed by atoms with van der Waals surface area (Å²) >= 11 is 0. The second kappa shape index (κ2) is 5.73. The molecule has 0 aliphatic heterocycles. The Kier molecular flexibility index (Phi) is 4.53. The Morgan fingerprint density at radius 1 is 1.37 bits per heavy atom. The van der Waals surface area contributed by atoms with Crippen LogP contribution in [-0.4, -0.2) is 29.6 Å². The van der Waals surface area contributed by atoms with Crippen molar-refractivity contribution < 1.29 is 19.4 Å². The van der Waals surface area contributed by atoms with E-state index in [0.717, 1.165) is 11.1 Å². The highest BCUT2D eigenvalue weighted by atomic mass is 16.5. The van der Waals surface area contributed by atoms with Crippen molar-refractivity contribution in [2.45, 2.75) is 32.7 Å². The molecule has 0 aliphatic rings. The van der Waals surface area contributed by atoms with Crippen LogP contribution >= 0.6 is 0 Å². The third-order valence-electron chi connectivity index (χ3n) is 2.77. The first-order valence-corrected chi connectivity index (χ1v) is 5.94. The van der Waals surface area contributed by atoms with E-state index >= 15 is 0 Å². The highest BCUT2D eigenvalue weighted by Gasteiger charge is 2.29. The fourth-order valence-corrected chi connectivity index (χ4v) is 1.66. The summed E-state index contributed by atoms with van der Waals surface area (Å²) in [6.07, 6.45) is 0.0849. The van der Waals surface area contributed by atoms with Crippen LogP contribution in [0.5, 0.6) is 5.75 Å². The quantitative estimate of drug-likeness (QED) is 0.846. The van der Waals surface area contributed by atoms with Crippen LogP contribution in [0.3, 0.4) is 0 Å². The van der Waals surface area contributed by atoms with Gasteiger partial charge in [0.15, 0.2) is 0 Å². The second-order valence-electron chi connectivity index (χ2n) is 4.97. The van der Waals surface area contributed by atoms with E-state index in [4.69, 9.17) is 9.84 Å². The third-order valence-corrected chi connectivity index (χ3v) is 2.77. The molecule has 1 rings (SSSR count). The molecule has 104 valence electrons. The molecule has 19 heavy (non-hydrogen) atoms. The summed E-state index contributed by atoms with van der Waals surface area (Å²) in [5.74, 6) is -0.803. The zero-order valence-electron chi connectivity index (χ0n) is 11.6. The van der Waals surface area contributed by atoms with Crippen molar-refractivity contribution in [3.8, 4) is 5.75 Å². The van der Waals surface area contributed by atoms with Gasteiger partial charge in [-0.15, -0.1) is 0 Å². The molecule has 0 heterocycles. The molecule has 0 aliphatic carbocycles. The smallest absolute Gasteiger partial charge is 0.328 e. The average molecular weight is 265 g/mol. The van der Waals surface area contributed by atoms with E-state index in [-0.39, 0.29) is 12.3 Å². The lowest BCUT2D eigenvalue weighted by Crippen LogP contribution is -2.50. The van der Waals surface area contributed by atoms with Gasteiger partial charge in [-0.25, -0.2) is 4.79 Å². The summed E-state index contributed by atoms with van der Waals surface area (Å²) in [5, 5.41) is 11.4. The number of benzene rings is 1. The number of carboxylic acids is 1. The van der Waals surface area contributed by atoms with Crippen molar-refractivity contribution >= 4 is 11.9 Å². The van der Waals surface area contributed by atoms with Crippen molar-refractivity contribution in [3.63, 3.8) is 0 Å². The van der Waals surface area contributed by atoms with Gasteiger partial charge >= 0.3 is 5.97 Å². The van der Waals surface area contributed by atoms with Crippen LogP contribution in [0.4, 0.5) is 0 Å². The maximum absolute atomic E-state index is 11.9. The predicted molar refractivity (Wildman–Crippen MR) is 71.3 cm³/mol. The molecule has 0 unspecified atom stereocenters. The van der Waals surface area contributed by atoms with Gasteiger partial charge in [0.2, 0.25) is 5.91 Å². The molecule has 1 aromatic carbocycles. The molecule has 2 N–H and O–H groups in total. The summed E-state index contributed by atoms with van der Waals surface area (Å²) in [5.41, 5.74) is 0.469. The van der Waals surface area contributed by atoms with Crippen molar-refractivity contribution in [2.75, 3.05) is 7.11 Å². The summed E-state index contributed by atoms with van der Waals surface area (Å²) in [7, 11) is 1.53. The third kappa shape index (κ3) is 3.98. The van der Waals surface area contributed by atoms with Crippen LogP contribution in [0, 0.1) is 6.92 Å². The van der Waals surface area contributed by atoms with Crippen LogP contribution in [0.15, 0.2) is 18.2 Å².